The summed E-state index contributed by atoms with van der Waals surface area (Å²) in [6.07, 6.45) is 2.78. The van der Waals surface area contributed by atoms with Crippen LogP contribution < -0.4 is 10.2 Å². The Hall–Kier alpha value is -1.40. The van der Waals surface area contributed by atoms with Gasteiger partial charge in [0.1, 0.15) is 11.5 Å². The molecule has 2 N–H and O–H groups in total. The first kappa shape index (κ1) is 16.5. The van der Waals surface area contributed by atoms with Crippen LogP contribution in [0.25, 0.3) is 0 Å². The van der Waals surface area contributed by atoms with E-state index < -0.39 is 0 Å². The lowest BCUT2D eigenvalue weighted by atomic mass is 10.0. The summed E-state index contributed by atoms with van der Waals surface area (Å²) >= 11 is 1.56. The van der Waals surface area contributed by atoms with E-state index in [1.165, 1.54) is 9.78 Å². The second-order valence-electron chi connectivity index (χ2n) is 6.68. The fourth-order valence-corrected chi connectivity index (χ4v) is 4.35. The minimum atomic E-state index is -0.302. The van der Waals surface area contributed by atoms with Crippen molar-refractivity contribution in [3.05, 3.63) is 16.0 Å². The summed E-state index contributed by atoms with van der Waals surface area (Å²) in [5, 5.41) is 3.67. The Morgan fingerprint density at radius 3 is 2.74 bits per heavy atom. The van der Waals surface area contributed by atoms with Gasteiger partial charge in [-0.3, -0.25) is 4.79 Å². The number of nitrogens with one attached hydrogen (secondary N) is 2. The topological polar surface area (TPSA) is 59.8 Å². The minimum Gasteiger partial charge on any atom is -0.462 e. The lowest BCUT2D eigenvalue weighted by Gasteiger charge is -2.27. The van der Waals surface area contributed by atoms with Crippen LogP contribution in [0.15, 0.2) is 0 Å². The number of hydrogen-bond acceptors (Lipinski definition) is 4. The fraction of sp³-hybridized carbons (Fsp3) is 0.647. The van der Waals surface area contributed by atoms with Crippen molar-refractivity contribution in [2.45, 2.75) is 52.6 Å². The highest BCUT2D eigenvalue weighted by molar-refractivity contribution is 7.17. The summed E-state index contributed by atoms with van der Waals surface area (Å²) in [6.45, 7) is 8.53. The van der Waals surface area contributed by atoms with Gasteiger partial charge in [0.15, 0.2) is 0 Å². The molecule has 1 saturated carbocycles. The van der Waals surface area contributed by atoms with E-state index in [1.54, 1.807) is 11.3 Å². The molecule has 1 fully saturated rings. The van der Waals surface area contributed by atoms with E-state index in [2.05, 4.69) is 19.2 Å². The van der Waals surface area contributed by atoms with Gasteiger partial charge in [-0.05, 0) is 39.2 Å². The summed E-state index contributed by atoms with van der Waals surface area (Å²) < 4.78 is 5.23. The molecule has 0 aromatic carbocycles. The molecule has 1 unspecified atom stereocenters. The van der Waals surface area contributed by atoms with Crippen LogP contribution >= 0.6 is 11.3 Å². The van der Waals surface area contributed by atoms with E-state index in [-0.39, 0.29) is 17.8 Å². The van der Waals surface area contributed by atoms with Gasteiger partial charge in [-0.15, -0.1) is 11.3 Å². The van der Waals surface area contributed by atoms with Crippen molar-refractivity contribution in [2.24, 2.45) is 5.92 Å². The highest BCUT2D eigenvalue weighted by Crippen LogP contribution is 2.37. The van der Waals surface area contributed by atoms with Crippen molar-refractivity contribution in [3.63, 3.8) is 0 Å². The smallest absolute Gasteiger partial charge is 0.341 e. The lowest BCUT2D eigenvalue weighted by Crippen LogP contribution is -3.14. The molecule has 2 aliphatic rings. The number of hydrogen-bond donors (Lipinski definition) is 2. The zero-order valence-electron chi connectivity index (χ0n) is 14.0. The molecule has 1 aromatic heterocycles. The maximum Gasteiger partial charge on any atom is 0.341 e. The summed E-state index contributed by atoms with van der Waals surface area (Å²) in [6, 6.07) is 0.556. The molecule has 2 heterocycles. The van der Waals surface area contributed by atoms with Crippen molar-refractivity contribution in [1.29, 1.82) is 0 Å². The maximum atomic E-state index is 12.4. The van der Waals surface area contributed by atoms with Crippen LogP contribution in [0.4, 0.5) is 5.00 Å². The average molecular weight is 337 g/mol. The van der Waals surface area contributed by atoms with Crippen LogP contribution in [0.5, 0.6) is 0 Å². The molecule has 23 heavy (non-hydrogen) atoms. The first-order valence-electron chi connectivity index (χ1n) is 8.48. The Morgan fingerprint density at radius 2 is 2.13 bits per heavy atom. The molecule has 0 saturated heterocycles. The first-order valence-corrected chi connectivity index (χ1v) is 9.30. The van der Waals surface area contributed by atoms with E-state index in [4.69, 9.17) is 4.74 Å². The number of carbonyl (C=O) groups is 2. The maximum absolute atomic E-state index is 12.4. The lowest BCUT2D eigenvalue weighted by molar-refractivity contribution is -0.936. The van der Waals surface area contributed by atoms with Crippen molar-refractivity contribution in [2.75, 3.05) is 18.5 Å². The van der Waals surface area contributed by atoms with Crippen LogP contribution in [0.1, 0.15) is 54.4 Å². The molecule has 1 aliphatic carbocycles. The molecule has 0 spiro atoms. The van der Waals surface area contributed by atoms with E-state index in [1.807, 2.05) is 6.92 Å². The third-order valence-corrected chi connectivity index (χ3v) is 5.80. The minimum absolute atomic E-state index is 0.0437. The molecule has 1 aliphatic heterocycles. The predicted molar refractivity (Wildman–Crippen MR) is 90.0 cm³/mol. The SMILES string of the molecule is CCOC(=O)c1c(NC(=O)C2CC2)sc2c1CC[NH+](C(C)C)C2. The molecule has 1 atom stereocenters. The van der Waals surface area contributed by atoms with Gasteiger partial charge in [0.2, 0.25) is 5.91 Å². The monoisotopic (exact) mass is 337 g/mol. The largest absolute Gasteiger partial charge is 0.462 e. The van der Waals surface area contributed by atoms with Crippen LogP contribution in [0.2, 0.25) is 0 Å². The molecule has 3 rings (SSSR count). The number of carbonyl (C=O) groups excluding carboxylic acids is 2. The Balaban J connectivity index is 1.90. The van der Waals surface area contributed by atoms with E-state index in [0.717, 1.165) is 37.9 Å². The molecule has 1 amide bonds. The first-order chi connectivity index (χ1) is 11.0. The van der Waals surface area contributed by atoms with Gasteiger partial charge >= 0.3 is 5.97 Å². The van der Waals surface area contributed by atoms with Crippen molar-refractivity contribution >= 4 is 28.2 Å². The molecule has 5 nitrogen and oxygen atoms in total. The van der Waals surface area contributed by atoms with Crippen molar-refractivity contribution in [3.8, 4) is 0 Å². The number of esters is 1. The molecule has 0 bridgehead atoms. The standard InChI is InChI=1S/C17H24N2O3S/c1-4-22-17(21)14-12-7-8-19(10(2)3)9-13(12)23-16(14)18-15(20)11-5-6-11/h10-11H,4-9H2,1-3H3,(H,18,20)/p+1. The normalized spacial score (nSPS) is 20.3. The van der Waals surface area contributed by atoms with Crippen LogP contribution in [0, 0.1) is 5.92 Å². The van der Waals surface area contributed by atoms with Gasteiger partial charge in [0.25, 0.3) is 0 Å². The number of amides is 1. The Morgan fingerprint density at radius 1 is 1.39 bits per heavy atom. The van der Waals surface area contributed by atoms with Gasteiger partial charge in [-0.1, -0.05) is 0 Å². The molecule has 126 valence electrons. The number of ether oxygens (including phenoxy) is 1. The second-order valence-corrected chi connectivity index (χ2v) is 7.79. The molecule has 1 aromatic rings. The number of fused-ring (bicyclic) bond motifs is 1. The Labute approximate surface area is 141 Å². The molecule has 0 radical (unpaired) electrons. The zero-order chi connectivity index (χ0) is 16.6. The van der Waals surface area contributed by atoms with E-state index in [0.29, 0.717) is 23.2 Å². The fourth-order valence-electron chi connectivity index (χ4n) is 3.06. The highest BCUT2D eigenvalue weighted by Gasteiger charge is 2.35. The third-order valence-electron chi connectivity index (χ3n) is 4.66. The van der Waals surface area contributed by atoms with Crippen LogP contribution in [-0.2, 0) is 22.5 Å². The van der Waals surface area contributed by atoms with Crippen LogP contribution in [0.3, 0.4) is 0 Å². The zero-order valence-corrected chi connectivity index (χ0v) is 14.8. The average Bonchev–Trinajstić information content (AvgIpc) is 3.28. The molecular formula is C17H25N2O3S+. The number of anilines is 1. The van der Waals surface area contributed by atoms with Crippen molar-refractivity contribution < 1.29 is 19.2 Å². The van der Waals surface area contributed by atoms with Crippen molar-refractivity contribution in [1.82, 2.24) is 0 Å². The second kappa shape index (κ2) is 6.61. The molecule has 6 heteroatoms. The Kier molecular flexibility index (Phi) is 4.73. The quantitative estimate of drug-likeness (QED) is 0.803. The van der Waals surface area contributed by atoms with Gasteiger partial charge in [-0.2, -0.15) is 0 Å². The molecular weight excluding hydrogens is 312 g/mol. The number of rotatable bonds is 5. The van der Waals surface area contributed by atoms with Gasteiger partial charge in [0, 0.05) is 12.3 Å². The number of quaternary nitrogens is 1. The summed E-state index contributed by atoms with van der Waals surface area (Å²) in [5.41, 5.74) is 1.69. The third kappa shape index (κ3) is 3.43. The summed E-state index contributed by atoms with van der Waals surface area (Å²) in [5.74, 6) is -0.131. The van der Waals surface area contributed by atoms with Crippen LogP contribution in [-0.4, -0.2) is 31.1 Å². The highest BCUT2D eigenvalue weighted by atomic mass is 32.1. The van der Waals surface area contributed by atoms with Gasteiger partial charge < -0.3 is 15.0 Å². The van der Waals surface area contributed by atoms with Gasteiger partial charge in [0.05, 0.1) is 29.6 Å². The Bertz CT molecular complexity index is 620. The summed E-state index contributed by atoms with van der Waals surface area (Å²) in [7, 11) is 0. The van der Waals surface area contributed by atoms with Gasteiger partial charge in [-0.25, -0.2) is 4.79 Å². The summed E-state index contributed by atoms with van der Waals surface area (Å²) in [4.78, 5) is 27.3. The van der Waals surface area contributed by atoms with E-state index >= 15 is 0 Å². The predicted octanol–water partition coefficient (Wildman–Crippen LogP) is 1.62. The van der Waals surface area contributed by atoms with E-state index in [9.17, 15) is 9.59 Å². The number of thiophene rings is 1.